The minimum atomic E-state index is -0.330. The molecule has 0 bridgehead atoms. The molecule has 0 radical (unpaired) electrons. The lowest BCUT2D eigenvalue weighted by atomic mass is 10.3. The van der Waals surface area contributed by atoms with E-state index in [1.807, 2.05) is 6.07 Å². The molecule has 0 fully saturated rings. The third-order valence-electron chi connectivity index (χ3n) is 1.70. The maximum Gasteiger partial charge on any atom is 0.106 e. The van der Waals surface area contributed by atoms with Crippen LogP contribution in [-0.4, -0.2) is 30.6 Å². The molecule has 3 nitrogen and oxygen atoms in total. The Balaban J connectivity index is 3.70. The van der Waals surface area contributed by atoms with Crippen LogP contribution in [0.3, 0.4) is 0 Å². The fourth-order valence-electron chi connectivity index (χ4n) is 1.25. The smallest absolute Gasteiger partial charge is 0.106 e. The van der Waals surface area contributed by atoms with Gasteiger partial charge in [0.25, 0.3) is 0 Å². The summed E-state index contributed by atoms with van der Waals surface area (Å²) in [6, 6.07) is 1.72. The van der Waals surface area contributed by atoms with E-state index in [9.17, 15) is 0 Å². The molecule has 0 aliphatic heterocycles. The minimum Gasteiger partial charge on any atom is -0.315 e. The molecule has 12 heavy (non-hydrogen) atoms. The van der Waals surface area contributed by atoms with Gasteiger partial charge in [-0.1, -0.05) is 13.8 Å². The van der Waals surface area contributed by atoms with Crippen LogP contribution in [-0.2, 0) is 0 Å². The highest BCUT2D eigenvalue weighted by Crippen LogP contribution is 1.94. The van der Waals surface area contributed by atoms with E-state index in [4.69, 9.17) is 11.0 Å². The first-order valence-electron chi connectivity index (χ1n) is 4.62. The summed E-state index contributed by atoms with van der Waals surface area (Å²) in [5.74, 6) is 0. The molecule has 0 aromatic heterocycles. The zero-order valence-electron chi connectivity index (χ0n) is 8.08. The van der Waals surface area contributed by atoms with Crippen LogP contribution in [0.25, 0.3) is 0 Å². The van der Waals surface area contributed by atoms with Gasteiger partial charge >= 0.3 is 0 Å². The predicted molar refractivity (Wildman–Crippen MR) is 50.6 cm³/mol. The van der Waals surface area contributed by atoms with Gasteiger partial charge in [0.2, 0.25) is 0 Å². The zero-order chi connectivity index (χ0) is 9.40. The second-order valence-corrected chi connectivity index (χ2v) is 3.04. The molecule has 1 unspecified atom stereocenters. The van der Waals surface area contributed by atoms with Crippen LogP contribution in [0.5, 0.6) is 0 Å². The first kappa shape index (κ1) is 11.4. The number of hydrogen-bond donors (Lipinski definition) is 1. The average molecular weight is 169 g/mol. The van der Waals surface area contributed by atoms with Gasteiger partial charge in [-0.25, -0.2) is 0 Å². The SMILES string of the molecule is CCCN(CCC)CC(N)C#N. The van der Waals surface area contributed by atoms with Crippen molar-refractivity contribution in [2.45, 2.75) is 32.7 Å². The fourth-order valence-corrected chi connectivity index (χ4v) is 1.25. The van der Waals surface area contributed by atoms with E-state index in [1.165, 1.54) is 0 Å². The van der Waals surface area contributed by atoms with Crippen LogP contribution in [0, 0.1) is 11.3 Å². The molecule has 0 saturated carbocycles. The molecule has 70 valence electrons. The van der Waals surface area contributed by atoms with Gasteiger partial charge in [0.1, 0.15) is 6.04 Å². The van der Waals surface area contributed by atoms with Gasteiger partial charge in [-0.15, -0.1) is 0 Å². The summed E-state index contributed by atoms with van der Waals surface area (Å²) in [5, 5.41) is 8.52. The summed E-state index contributed by atoms with van der Waals surface area (Å²) in [5.41, 5.74) is 5.53. The summed E-state index contributed by atoms with van der Waals surface area (Å²) < 4.78 is 0. The Hall–Kier alpha value is -0.590. The van der Waals surface area contributed by atoms with E-state index in [-0.39, 0.29) is 6.04 Å². The number of nitriles is 1. The molecule has 0 aromatic carbocycles. The summed E-state index contributed by atoms with van der Waals surface area (Å²) in [7, 11) is 0. The third kappa shape index (κ3) is 5.11. The van der Waals surface area contributed by atoms with Gasteiger partial charge in [0, 0.05) is 6.54 Å². The Morgan fingerprint density at radius 1 is 1.33 bits per heavy atom. The molecule has 0 amide bonds. The maximum atomic E-state index is 8.52. The molecule has 0 aliphatic carbocycles. The average Bonchev–Trinajstić information content (AvgIpc) is 2.05. The Labute approximate surface area is 75.2 Å². The monoisotopic (exact) mass is 169 g/mol. The largest absolute Gasteiger partial charge is 0.315 e. The number of hydrogen-bond acceptors (Lipinski definition) is 3. The molecule has 2 N–H and O–H groups in total. The molecular formula is C9H19N3. The van der Waals surface area contributed by atoms with Crippen molar-refractivity contribution in [3.8, 4) is 6.07 Å². The van der Waals surface area contributed by atoms with E-state index in [0.29, 0.717) is 6.54 Å². The first-order valence-corrected chi connectivity index (χ1v) is 4.62. The van der Waals surface area contributed by atoms with Crippen molar-refractivity contribution in [1.82, 2.24) is 4.90 Å². The highest BCUT2D eigenvalue weighted by Gasteiger charge is 2.07. The normalized spacial score (nSPS) is 12.9. The second kappa shape index (κ2) is 7.08. The van der Waals surface area contributed by atoms with Gasteiger partial charge in [-0.05, 0) is 25.9 Å². The van der Waals surface area contributed by atoms with Gasteiger partial charge in [-0.2, -0.15) is 5.26 Å². The zero-order valence-corrected chi connectivity index (χ0v) is 8.08. The van der Waals surface area contributed by atoms with Gasteiger partial charge in [0.05, 0.1) is 6.07 Å². The van der Waals surface area contributed by atoms with Crippen LogP contribution in [0.15, 0.2) is 0 Å². The molecule has 0 heterocycles. The Bertz CT molecular complexity index is 133. The van der Waals surface area contributed by atoms with Gasteiger partial charge in [0.15, 0.2) is 0 Å². The number of nitrogens with two attached hydrogens (primary N) is 1. The molecule has 0 rings (SSSR count). The van der Waals surface area contributed by atoms with E-state index in [2.05, 4.69) is 18.7 Å². The molecule has 0 aliphatic rings. The van der Waals surface area contributed by atoms with Crippen molar-refractivity contribution in [2.75, 3.05) is 19.6 Å². The lowest BCUT2D eigenvalue weighted by Gasteiger charge is -2.21. The summed E-state index contributed by atoms with van der Waals surface area (Å²) in [4.78, 5) is 2.24. The molecular weight excluding hydrogens is 150 g/mol. The van der Waals surface area contributed by atoms with E-state index in [1.54, 1.807) is 0 Å². The Morgan fingerprint density at radius 2 is 1.83 bits per heavy atom. The molecule has 0 saturated heterocycles. The second-order valence-electron chi connectivity index (χ2n) is 3.04. The third-order valence-corrected chi connectivity index (χ3v) is 1.70. The van der Waals surface area contributed by atoms with Crippen LogP contribution in [0.2, 0.25) is 0 Å². The minimum absolute atomic E-state index is 0.330. The van der Waals surface area contributed by atoms with Crippen LogP contribution >= 0.6 is 0 Å². The molecule has 0 aromatic rings. The summed E-state index contributed by atoms with van der Waals surface area (Å²) >= 11 is 0. The van der Waals surface area contributed by atoms with Crippen molar-refractivity contribution in [3.63, 3.8) is 0 Å². The quantitative estimate of drug-likeness (QED) is 0.644. The van der Waals surface area contributed by atoms with E-state index < -0.39 is 0 Å². The highest BCUT2D eigenvalue weighted by molar-refractivity contribution is 4.88. The highest BCUT2D eigenvalue weighted by atomic mass is 15.1. The van der Waals surface area contributed by atoms with Crippen LogP contribution < -0.4 is 5.73 Å². The Kier molecular flexibility index (Phi) is 6.73. The van der Waals surface area contributed by atoms with Crippen LogP contribution in [0.1, 0.15) is 26.7 Å². The predicted octanol–water partition coefficient (Wildman–Crippen LogP) is 0.959. The van der Waals surface area contributed by atoms with Crippen molar-refractivity contribution in [2.24, 2.45) is 5.73 Å². The summed E-state index contributed by atoms with van der Waals surface area (Å²) in [6.45, 7) is 7.08. The summed E-state index contributed by atoms with van der Waals surface area (Å²) in [6.07, 6.45) is 2.25. The van der Waals surface area contributed by atoms with Gasteiger partial charge in [-0.3, -0.25) is 0 Å². The lowest BCUT2D eigenvalue weighted by Crippen LogP contribution is -2.37. The Morgan fingerprint density at radius 3 is 2.17 bits per heavy atom. The van der Waals surface area contributed by atoms with Crippen LogP contribution in [0.4, 0.5) is 0 Å². The molecule has 0 spiro atoms. The molecule has 1 atom stereocenters. The van der Waals surface area contributed by atoms with Crippen molar-refractivity contribution < 1.29 is 0 Å². The lowest BCUT2D eigenvalue weighted by molar-refractivity contribution is 0.270. The van der Waals surface area contributed by atoms with Crippen molar-refractivity contribution in [3.05, 3.63) is 0 Å². The first-order chi connectivity index (χ1) is 5.74. The standard InChI is InChI=1S/C9H19N3/c1-3-5-12(6-4-2)8-9(11)7-10/h9H,3-6,8,11H2,1-2H3. The van der Waals surface area contributed by atoms with E-state index in [0.717, 1.165) is 25.9 Å². The maximum absolute atomic E-state index is 8.52. The fraction of sp³-hybridized carbons (Fsp3) is 0.889. The number of nitrogens with zero attached hydrogens (tertiary/aromatic N) is 2. The van der Waals surface area contributed by atoms with E-state index >= 15 is 0 Å². The molecule has 3 heteroatoms. The number of rotatable bonds is 6. The topological polar surface area (TPSA) is 53.0 Å². The van der Waals surface area contributed by atoms with Gasteiger partial charge < -0.3 is 10.6 Å². The van der Waals surface area contributed by atoms with Crippen molar-refractivity contribution >= 4 is 0 Å². The van der Waals surface area contributed by atoms with Crippen molar-refractivity contribution in [1.29, 1.82) is 5.26 Å².